The molecule has 0 saturated heterocycles. The minimum atomic E-state index is -1.00. The van der Waals surface area contributed by atoms with Crippen molar-refractivity contribution in [2.75, 3.05) is 18.5 Å². The lowest BCUT2D eigenvalue weighted by Gasteiger charge is -2.14. The molecule has 1 N–H and O–H groups in total. The van der Waals surface area contributed by atoms with E-state index in [0.717, 1.165) is 13.0 Å². The minimum absolute atomic E-state index is 0.110. The van der Waals surface area contributed by atoms with Gasteiger partial charge in [0.1, 0.15) is 0 Å². The molecular weight excluding hydrogens is 182 g/mol. The lowest BCUT2D eigenvalue weighted by atomic mass is 10.3. The predicted octanol–water partition coefficient (Wildman–Crippen LogP) is 1.02. The molecule has 0 saturated carbocycles. The van der Waals surface area contributed by atoms with E-state index < -0.39 is 5.97 Å². The molecule has 0 aliphatic heterocycles. The summed E-state index contributed by atoms with van der Waals surface area (Å²) in [6, 6.07) is 0. The Balaban J connectivity index is 2.77. The second kappa shape index (κ2) is 4.55. The molecule has 1 heterocycles. The Hall–Kier alpha value is -1.65. The maximum Gasteiger partial charge on any atom is 0.338 e. The van der Waals surface area contributed by atoms with E-state index in [-0.39, 0.29) is 5.56 Å². The van der Waals surface area contributed by atoms with Crippen LogP contribution in [0.4, 0.5) is 5.95 Å². The van der Waals surface area contributed by atoms with Gasteiger partial charge in [-0.15, -0.1) is 0 Å². The molecule has 5 nitrogen and oxygen atoms in total. The van der Waals surface area contributed by atoms with Gasteiger partial charge in [0.15, 0.2) is 0 Å². The van der Waals surface area contributed by atoms with Gasteiger partial charge in [-0.3, -0.25) is 0 Å². The molecule has 0 unspecified atom stereocenters. The monoisotopic (exact) mass is 195 g/mol. The van der Waals surface area contributed by atoms with Gasteiger partial charge in [0, 0.05) is 26.0 Å². The Morgan fingerprint density at radius 2 is 2.07 bits per heavy atom. The van der Waals surface area contributed by atoms with Gasteiger partial charge in [0.25, 0.3) is 0 Å². The highest BCUT2D eigenvalue weighted by Gasteiger charge is 2.06. The predicted molar refractivity (Wildman–Crippen MR) is 52.6 cm³/mol. The zero-order valence-electron chi connectivity index (χ0n) is 8.27. The van der Waals surface area contributed by atoms with E-state index in [1.165, 1.54) is 12.4 Å². The van der Waals surface area contributed by atoms with E-state index in [9.17, 15) is 4.79 Å². The third-order valence-electron chi connectivity index (χ3n) is 1.79. The number of hydrogen-bond acceptors (Lipinski definition) is 4. The molecule has 5 heteroatoms. The van der Waals surface area contributed by atoms with Crippen LogP contribution in [-0.4, -0.2) is 34.6 Å². The third-order valence-corrected chi connectivity index (χ3v) is 1.79. The first kappa shape index (κ1) is 10.4. The molecule has 1 aromatic rings. The molecule has 0 aliphatic carbocycles. The fraction of sp³-hybridized carbons (Fsp3) is 0.444. The molecule has 14 heavy (non-hydrogen) atoms. The van der Waals surface area contributed by atoms with Crippen LogP contribution in [0.5, 0.6) is 0 Å². The summed E-state index contributed by atoms with van der Waals surface area (Å²) in [6.45, 7) is 2.91. The van der Waals surface area contributed by atoms with Crippen LogP contribution in [0, 0.1) is 0 Å². The smallest absolute Gasteiger partial charge is 0.338 e. The molecule has 0 spiro atoms. The number of rotatable bonds is 4. The topological polar surface area (TPSA) is 66.3 Å². The molecular formula is C9H13N3O2. The number of nitrogens with zero attached hydrogens (tertiary/aromatic N) is 3. The van der Waals surface area contributed by atoms with Crippen LogP contribution in [0.1, 0.15) is 23.7 Å². The largest absolute Gasteiger partial charge is 0.478 e. The van der Waals surface area contributed by atoms with Crippen molar-refractivity contribution in [2.45, 2.75) is 13.3 Å². The Morgan fingerprint density at radius 3 is 2.50 bits per heavy atom. The van der Waals surface area contributed by atoms with Crippen molar-refractivity contribution in [3.8, 4) is 0 Å². The SMILES string of the molecule is CCCN(C)c1ncc(C(=O)O)cn1. The van der Waals surface area contributed by atoms with Crippen molar-refractivity contribution in [3.05, 3.63) is 18.0 Å². The summed E-state index contributed by atoms with van der Waals surface area (Å²) in [5.41, 5.74) is 0.110. The van der Waals surface area contributed by atoms with Crippen molar-refractivity contribution >= 4 is 11.9 Å². The number of aromatic nitrogens is 2. The normalized spacial score (nSPS) is 9.86. The molecule has 0 atom stereocenters. The van der Waals surface area contributed by atoms with E-state index >= 15 is 0 Å². The Labute approximate surface area is 82.4 Å². The average molecular weight is 195 g/mol. The average Bonchev–Trinajstić information content (AvgIpc) is 2.18. The summed E-state index contributed by atoms with van der Waals surface area (Å²) in [5.74, 6) is -0.452. The van der Waals surface area contributed by atoms with Gasteiger partial charge < -0.3 is 10.0 Å². The van der Waals surface area contributed by atoms with Gasteiger partial charge in [-0.2, -0.15) is 0 Å². The molecule has 0 fully saturated rings. The maximum atomic E-state index is 10.5. The Morgan fingerprint density at radius 1 is 1.50 bits per heavy atom. The summed E-state index contributed by atoms with van der Waals surface area (Å²) >= 11 is 0. The van der Waals surface area contributed by atoms with E-state index in [2.05, 4.69) is 16.9 Å². The molecule has 0 amide bonds. The van der Waals surface area contributed by atoms with Crippen LogP contribution < -0.4 is 4.90 Å². The number of aromatic carboxylic acids is 1. The molecule has 0 bridgehead atoms. The Bertz CT molecular complexity index is 310. The van der Waals surface area contributed by atoms with Gasteiger partial charge in [0.05, 0.1) is 5.56 Å². The second-order valence-corrected chi connectivity index (χ2v) is 3.00. The first-order chi connectivity index (χ1) is 6.65. The molecule has 0 aromatic carbocycles. The number of carboxylic acids is 1. The fourth-order valence-electron chi connectivity index (χ4n) is 1.06. The minimum Gasteiger partial charge on any atom is -0.478 e. The van der Waals surface area contributed by atoms with E-state index in [1.54, 1.807) is 0 Å². The highest BCUT2D eigenvalue weighted by molar-refractivity contribution is 5.86. The fourth-order valence-corrected chi connectivity index (χ4v) is 1.06. The zero-order chi connectivity index (χ0) is 10.6. The lowest BCUT2D eigenvalue weighted by molar-refractivity contribution is 0.0696. The van der Waals surface area contributed by atoms with Crippen molar-refractivity contribution in [1.29, 1.82) is 0 Å². The van der Waals surface area contributed by atoms with Gasteiger partial charge >= 0.3 is 5.97 Å². The Kier molecular flexibility index (Phi) is 3.39. The standard InChI is InChI=1S/C9H13N3O2/c1-3-4-12(2)9-10-5-7(6-11-9)8(13)14/h5-6H,3-4H2,1-2H3,(H,13,14). The van der Waals surface area contributed by atoms with Gasteiger partial charge in [0.2, 0.25) is 5.95 Å². The highest BCUT2D eigenvalue weighted by atomic mass is 16.4. The zero-order valence-corrected chi connectivity index (χ0v) is 8.27. The molecule has 76 valence electrons. The van der Waals surface area contributed by atoms with Crippen molar-refractivity contribution < 1.29 is 9.90 Å². The molecule has 1 rings (SSSR count). The van der Waals surface area contributed by atoms with E-state index in [4.69, 9.17) is 5.11 Å². The van der Waals surface area contributed by atoms with Crippen LogP contribution >= 0.6 is 0 Å². The van der Waals surface area contributed by atoms with E-state index in [1.807, 2.05) is 11.9 Å². The summed E-state index contributed by atoms with van der Waals surface area (Å²) in [7, 11) is 1.87. The lowest BCUT2D eigenvalue weighted by Crippen LogP contribution is -2.20. The summed E-state index contributed by atoms with van der Waals surface area (Å²) in [5, 5.41) is 8.62. The number of hydrogen-bond donors (Lipinski definition) is 1. The maximum absolute atomic E-state index is 10.5. The first-order valence-electron chi connectivity index (χ1n) is 4.41. The highest BCUT2D eigenvalue weighted by Crippen LogP contribution is 2.05. The van der Waals surface area contributed by atoms with Gasteiger partial charge in [-0.1, -0.05) is 6.92 Å². The number of carbonyl (C=O) groups is 1. The summed E-state index contributed by atoms with van der Waals surface area (Å²) in [6.07, 6.45) is 3.63. The molecule has 0 radical (unpaired) electrons. The molecule has 1 aromatic heterocycles. The first-order valence-corrected chi connectivity index (χ1v) is 4.41. The van der Waals surface area contributed by atoms with Crippen molar-refractivity contribution in [3.63, 3.8) is 0 Å². The van der Waals surface area contributed by atoms with Crippen LogP contribution in [0.15, 0.2) is 12.4 Å². The second-order valence-electron chi connectivity index (χ2n) is 3.00. The summed E-state index contributed by atoms with van der Waals surface area (Å²) < 4.78 is 0. The number of carboxylic acid groups (broad SMARTS) is 1. The van der Waals surface area contributed by atoms with Crippen molar-refractivity contribution in [2.24, 2.45) is 0 Å². The van der Waals surface area contributed by atoms with Gasteiger partial charge in [-0.05, 0) is 6.42 Å². The molecule has 0 aliphatic rings. The van der Waals surface area contributed by atoms with Crippen LogP contribution in [0.2, 0.25) is 0 Å². The third kappa shape index (κ3) is 2.42. The quantitative estimate of drug-likeness (QED) is 0.777. The summed E-state index contributed by atoms with van der Waals surface area (Å²) in [4.78, 5) is 20.3. The van der Waals surface area contributed by atoms with Crippen LogP contribution in [-0.2, 0) is 0 Å². The number of anilines is 1. The van der Waals surface area contributed by atoms with Crippen LogP contribution in [0.3, 0.4) is 0 Å². The van der Waals surface area contributed by atoms with E-state index in [0.29, 0.717) is 5.95 Å². The van der Waals surface area contributed by atoms with Crippen LogP contribution in [0.25, 0.3) is 0 Å². The van der Waals surface area contributed by atoms with Crippen molar-refractivity contribution in [1.82, 2.24) is 9.97 Å². The van der Waals surface area contributed by atoms with Gasteiger partial charge in [-0.25, -0.2) is 14.8 Å².